The van der Waals surface area contributed by atoms with Crippen molar-refractivity contribution < 1.29 is 23.0 Å². The lowest BCUT2D eigenvalue weighted by Crippen LogP contribution is -2.35. The molecule has 1 fully saturated rings. The van der Waals surface area contributed by atoms with Crippen LogP contribution in [0.4, 0.5) is 13.6 Å². The van der Waals surface area contributed by atoms with E-state index in [-0.39, 0.29) is 12.5 Å². The van der Waals surface area contributed by atoms with Gasteiger partial charge in [-0.3, -0.25) is 0 Å². The average Bonchev–Trinajstić information content (AvgIpc) is 2.60. The van der Waals surface area contributed by atoms with Crippen LogP contribution in [-0.2, 0) is 9.47 Å². The molecule has 6 heteroatoms. The number of hydrogen-bond donors (Lipinski definition) is 0. The summed E-state index contributed by atoms with van der Waals surface area (Å²) in [6.45, 7) is 3.56. The number of alkyl halides is 2. The van der Waals surface area contributed by atoms with E-state index in [4.69, 9.17) is 4.74 Å². The van der Waals surface area contributed by atoms with Crippen LogP contribution in [0.25, 0.3) is 0 Å². The van der Waals surface area contributed by atoms with E-state index >= 15 is 0 Å². The number of hydrogen-bond acceptors (Lipinski definition) is 3. The molecule has 0 bridgehead atoms. The second-order valence-electron chi connectivity index (χ2n) is 5.18. The second kappa shape index (κ2) is 5.62. The minimum absolute atomic E-state index is 0.0169. The Hall–Kier alpha value is -0.910. The highest BCUT2D eigenvalue weighted by atomic mass is 19.3. The Morgan fingerprint density at radius 3 is 2.65 bits per heavy atom. The predicted octanol–water partition coefficient (Wildman–Crippen LogP) is 2.48. The lowest BCUT2D eigenvalue weighted by atomic mass is 10.1. The third kappa shape index (κ3) is 5.30. The van der Waals surface area contributed by atoms with Crippen LogP contribution in [-0.4, -0.2) is 42.9 Å². The fourth-order valence-electron chi connectivity index (χ4n) is 1.67. The molecule has 1 heterocycles. The van der Waals surface area contributed by atoms with E-state index in [1.54, 1.807) is 20.8 Å². The van der Waals surface area contributed by atoms with Crippen LogP contribution in [0.3, 0.4) is 0 Å². The first-order valence-corrected chi connectivity index (χ1v) is 5.65. The molecule has 1 aliphatic heterocycles. The number of halogens is 2. The lowest BCUT2D eigenvalue weighted by molar-refractivity contribution is -0.137. The molecule has 17 heavy (non-hydrogen) atoms. The molecule has 4 nitrogen and oxygen atoms in total. The van der Waals surface area contributed by atoms with E-state index in [9.17, 15) is 13.6 Å². The first-order chi connectivity index (χ1) is 7.78. The fraction of sp³-hybridized carbons (Fsp3) is 0.909. The molecule has 1 atom stereocenters. The number of carbonyl (C=O) groups is 1. The monoisotopic (exact) mass is 251 g/mol. The maximum absolute atomic E-state index is 11.8. The zero-order valence-electron chi connectivity index (χ0n) is 10.4. The van der Waals surface area contributed by atoms with Crippen molar-refractivity contribution in [2.75, 3.05) is 19.7 Å². The number of ether oxygens (including phenoxy) is 2. The van der Waals surface area contributed by atoms with Gasteiger partial charge < -0.3 is 14.4 Å². The minimum atomic E-state index is -2.74. The van der Waals surface area contributed by atoms with Gasteiger partial charge >= 0.3 is 12.7 Å². The van der Waals surface area contributed by atoms with Crippen molar-refractivity contribution in [3.63, 3.8) is 0 Å². The van der Waals surface area contributed by atoms with Gasteiger partial charge in [0.25, 0.3) is 0 Å². The molecule has 0 aliphatic carbocycles. The Balaban J connectivity index is 2.32. The van der Waals surface area contributed by atoms with Crippen molar-refractivity contribution in [3.8, 4) is 0 Å². The molecule has 1 saturated heterocycles. The van der Waals surface area contributed by atoms with Gasteiger partial charge in [-0.15, -0.1) is 0 Å². The molecule has 0 saturated carbocycles. The smallest absolute Gasteiger partial charge is 0.410 e. The number of likely N-dealkylation sites (tertiary alicyclic amines) is 1. The summed E-state index contributed by atoms with van der Waals surface area (Å²) in [6, 6.07) is 0. The second-order valence-corrected chi connectivity index (χ2v) is 5.18. The Bertz CT molecular complexity index is 266. The van der Waals surface area contributed by atoms with Crippen molar-refractivity contribution in [2.24, 2.45) is 5.92 Å². The highest BCUT2D eigenvalue weighted by molar-refractivity contribution is 5.68. The molecule has 1 unspecified atom stereocenters. The van der Waals surface area contributed by atoms with Gasteiger partial charge in [-0.1, -0.05) is 0 Å². The summed E-state index contributed by atoms with van der Waals surface area (Å²) in [5, 5.41) is 0. The van der Waals surface area contributed by atoms with Crippen molar-refractivity contribution in [1.82, 2.24) is 4.90 Å². The van der Waals surface area contributed by atoms with Crippen LogP contribution >= 0.6 is 0 Å². The highest BCUT2D eigenvalue weighted by Gasteiger charge is 2.30. The van der Waals surface area contributed by atoms with Crippen LogP contribution in [0.2, 0.25) is 0 Å². The molecular weight excluding hydrogens is 232 g/mol. The molecule has 0 aromatic rings. The predicted molar refractivity (Wildman–Crippen MR) is 57.9 cm³/mol. The van der Waals surface area contributed by atoms with Crippen molar-refractivity contribution in [3.05, 3.63) is 0 Å². The third-order valence-corrected chi connectivity index (χ3v) is 2.40. The maximum Gasteiger partial charge on any atom is 0.410 e. The third-order valence-electron chi connectivity index (χ3n) is 2.40. The molecule has 1 amide bonds. The Morgan fingerprint density at radius 1 is 1.47 bits per heavy atom. The summed E-state index contributed by atoms with van der Waals surface area (Å²) in [6.07, 6.45) is 0.281. The number of rotatable bonds is 3. The van der Waals surface area contributed by atoms with Crippen LogP contribution in [0.15, 0.2) is 0 Å². The van der Waals surface area contributed by atoms with E-state index < -0.39 is 18.3 Å². The Kier molecular flexibility index (Phi) is 4.68. The Labute approximate surface area is 99.9 Å². The largest absolute Gasteiger partial charge is 0.444 e. The van der Waals surface area contributed by atoms with E-state index in [1.165, 1.54) is 4.90 Å². The molecule has 0 aromatic heterocycles. The van der Waals surface area contributed by atoms with E-state index in [0.717, 1.165) is 0 Å². The zero-order chi connectivity index (χ0) is 13.1. The van der Waals surface area contributed by atoms with Gasteiger partial charge in [0.2, 0.25) is 0 Å². The van der Waals surface area contributed by atoms with E-state index in [2.05, 4.69) is 4.74 Å². The normalized spacial score (nSPS) is 21.1. The van der Waals surface area contributed by atoms with Gasteiger partial charge in [-0.05, 0) is 27.2 Å². The zero-order valence-corrected chi connectivity index (χ0v) is 10.4. The van der Waals surface area contributed by atoms with Crippen LogP contribution in [0.5, 0.6) is 0 Å². The van der Waals surface area contributed by atoms with Gasteiger partial charge in [0, 0.05) is 19.0 Å². The summed E-state index contributed by atoms with van der Waals surface area (Å²) >= 11 is 0. The summed E-state index contributed by atoms with van der Waals surface area (Å²) < 4.78 is 33.1. The first kappa shape index (κ1) is 14.2. The van der Waals surface area contributed by atoms with Gasteiger partial charge in [-0.2, -0.15) is 8.78 Å². The highest BCUT2D eigenvalue weighted by Crippen LogP contribution is 2.20. The van der Waals surface area contributed by atoms with Crippen molar-refractivity contribution in [1.29, 1.82) is 0 Å². The standard InChI is InChI=1S/C11H19F2NO3/c1-11(2,3)17-10(15)14-5-4-8(6-14)7-16-9(12)13/h8-9H,4-7H2,1-3H3. The molecular formula is C11H19F2NO3. The number of nitrogens with zero attached hydrogens (tertiary/aromatic N) is 1. The minimum Gasteiger partial charge on any atom is -0.444 e. The summed E-state index contributed by atoms with van der Waals surface area (Å²) in [5.41, 5.74) is -0.533. The number of carbonyl (C=O) groups excluding carboxylic acids is 1. The number of amides is 1. The summed E-state index contributed by atoms with van der Waals surface area (Å²) in [7, 11) is 0. The van der Waals surface area contributed by atoms with E-state index in [1.807, 2.05) is 0 Å². The molecule has 0 radical (unpaired) electrons. The average molecular weight is 251 g/mol. The molecule has 0 N–H and O–H groups in total. The first-order valence-electron chi connectivity index (χ1n) is 5.65. The molecule has 1 rings (SSSR count). The van der Waals surface area contributed by atoms with Crippen molar-refractivity contribution >= 4 is 6.09 Å². The fourth-order valence-corrected chi connectivity index (χ4v) is 1.67. The molecule has 100 valence electrons. The Morgan fingerprint density at radius 2 is 2.12 bits per heavy atom. The molecule has 0 spiro atoms. The van der Waals surface area contributed by atoms with E-state index in [0.29, 0.717) is 19.5 Å². The summed E-state index contributed by atoms with van der Waals surface area (Å²) in [4.78, 5) is 13.2. The SMILES string of the molecule is CC(C)(C)OC(=O)N1CCC(COC(F)F)C1. The molecule has 1 aliphatic rings. The van der Waals surface area contributed by atoms with Crippen LogP contribution < -0.4 is 0 Å². The molecule has 0 aromatic carbocycles. The quantitative estimate of drug-likeness (QED) is 0.773. The van der Waals surface area contributed by atoms with Gasteiger partial charge in [0.1, 0.15) is 5.60 Å². The lowest BCUT2D eigenvalue weighted by Gasteiger charge is -2.24. The van der Waals surface area contributed by atoms with Crippen molar-refractivity contribution in [2.45, 2.75) is 39.4 Å². The van der Waals surface area contributed by atoms with Gasteiger partial charge in [0.15, 0.2) is 0 Å². The van der Waals surface area contributed by atoms with Crippen LogP contribution in [0, 0.1) is 5.92 Å². The summed E-state index contributed by atoms with van der Waals surface area (Å²) in [5.74, 6) is -0.0310. The van der Waals surface area contributed by atoms with Crippen LogP contribution in [0.1, 0.15) is 27.2 Å². The topological polar surface area (TPSA) is 38.8 Å². The maximum atomic E-state index is 11.8. The van der Waals surface area contributed by atoms with Gasteiger partial charge in [0.05, 0.1) is 6.61 Å². The van der Waals surface area contributed by atoms with Gasteiger partial charge in [-0.25, -0.2) is 4.79 Å².